The number of benzene rings is 1. The molecule has 19 heavy (non-hydrogen) atoms. The summed E-state index contributed by atoms with van der Waals surface area (Å²) in [4.78, 5) is 21.5. The highest BCUT2D eigenvalue weighted by molar-refractivity contribution is 5.76. The van der Waals surface area contributed by atoms with E-state index in [4.69, 9.17) is 0 Å². The third kappa shape index (κ3) is 5.37. The maximum atomic E-state index is 11.5. The fourth-order valence-electron chi connectivity index (χ4n) is 1.47. The molecule has 104 valence electrons. The molecule has 6 heteroatoms. The quantitative estimate of drug-likeness (QED) is 0.585. The van der Waals surface area contributed by atoms with Crippen LogP contribution in [0.25, 0.3) is 0 Å². The SMILES string of the molecule is CCC(C)NC(=O)CCNc1ccc([N+](=O)[O-])cc1. The zero-order valence-electron chi connectivity index (χ0n) is 11.2. The van der Waals surface area contributed by atoms with Crippen LogP contribution in [0.4, 0.5) is 11.4 Å². The topological polar surface area (TPSA) is 84.3 Å². The first-order valence-corrected chi connectivity index (χ1v) is 6.30. The van der Waals surface area contributed by atoms with Gasteiger partial charge in [-0.05, 0) is 25.5 Å². The van der Waals surface area contributed by atoms with Gasteiger partial charge in [0.25, 0.3) is 5.69 Å². The van der Waals surface area contributed by atoms with Gasteiger partial charge in [0.05, 0.1) is 4.92 Å². The Balaban J connectivity index is 2.33. The van der Waals surface area contributed by atoms with Crippen molar-refractivity contribution in [2.45, 2.75) is 32.7 Å². The molecule has 1 amide bonds. The van der Waals surface area contributed by atoms with E-state index in [1.165, 1.54) is 12.1 Å². The van der Waals surface area contributed by atoms with E-state index in [1.807, 2.05) is 13.8 Å². The highest BCUT2D eigenvalue weighted by Crippen LogP contribution is 2.15. The number of carbonyl (C=O) groups is 1. The van der Waals surface area contributed by atoms with E-state index in [1.54, 1.807) is 12.1 Å². The molecule has 0 bridgehead atoms. The number of amides is 1. The molecule has 0 heterocycles. The number of non-ortho nitro benzene ring substituents is 1. The van der Waals surface area contributed by atoms with E-state index in [9.17, 15) is 14.9 Å². The zero-order chi connectivity index (χ0) is 14.3. The van der Waals surface area contributed by atoms with Gasteiger partial charge in [-0.2, -0.15) is 0 Å². The Bertz CT molecular complexity index is 431. The summed E-state index contributed by atoms with van der Waals surface area (Å²) in [6.07, 6.45) is 1.28. The van der Waals surface area contributed by atoms with Crippen LogP contribution in [0.3, 0.4) is 0 Å². The van der Waals surface area contributed by atoms with E-state index in [0.29, 0.717) is 13.0 Å². The van der Waals surface area contributed by atoms with Crippen LogP contribution in [-0.4, -0.2) is 23.4 Å². The molecular weight excluding hydrogens is 246 g/mol. The van der Waals surface area contributed by atoms with Crippen LogP contribution >= 0.6 is 0 Å². The van der Waals surface area contributed by atoms with Crippen LogP contribution in [0, 0.1) is 10.1 Å². The largest absolute Gasteiger partial charge is 0.385 e. The second-order valence-corrected chi connectivity index (χ2v) is 4.36. The number of nitrogens with zero attached hydrogens (tertiary/aromatic N) is 1. The number of carbonyl (C=O) groups excluding carboxylic acids is 1. The van der Waals surface area contributed by atoms with Gasteiger partial charge in [-0.3, -0.25) is 14.9 Å². The zero-order valence-corrected chi connectivity index (χ0v) is 11.2. The number of nitro groups is 1. The lowest BCUT2D eigenvalue weighted by Gasteiger charge is -2.11. The van der Waals surface area contributed by atoms with Crippen LogP contribution in [-0.2, 0) is 4.79 Å². The third-order valence-corrected chi connectivity index (χ3v) is 2.78. The second kappa shape index (κ2) is 7.35. The number of rotatable bonds is 7. The highest BCUT2D eigenvalue weighted by Gasteiger charge is 2.06. The van der Waals surface area contributed by atoms with Crippen molar-refractivity contribution < 1.29 is 9.72 Å². The summed E-state index contributed by atoms with van der Waals surface area (Å²) in [5, 5.41) is 16.4. The summed E-state index contributed by atoms with van der Waals surface area (Å²) in [5.41, 5.74) is 0.821. The summed E-state index contributed by atoms with van der Waals surface area (Å²) < 4.78 is 0. The van der Waals surface area contributed by atoms with Gasteiger partial charge in [0.2, 0.25) is 5.91 Å². The number of anilines is 1. The number of hydrogen-bond acceptors (Lipinski definition) is 4. The molecule has 0 saturated carbocycles. The van der Waals surface area contributed by atoms with Gasteiger partial charge in [0.15, 0.2) is 0 Å². The minimum atomic E-state index is -0.441. The Kier molecular flexibility index (Phi) is 5.78. The molecule has 6 nitrogen and oxygen atoms in total. The van der Waals surface area contributed by atoms with Gasteiger partial charge in [-0.1, -0.05) is 6.92 Å². The Labute approximate surface area is 112 Å². The molecule has 0 saturated heterocycles. The molecular formula is C13H19N3O3. The van der Waals surface area contributed by atoms with Crippen LogP contribution in [0.2, 0.25) is 0 Å². The number of hydrogen-bond donors (Lipinski definition) is 2. The Morgan fingerprint density at radius 3 is 2.53 bits per heavy atom. The average Bonchev–Trinajstić information content (AvgIpc) is 2.39. The normalized spacial score (nSPS) is 11.7. The van der Waals surface area contributed by atoms with Crippen molar-refractivity contribution in [3.8, 4) is 0 Å². The Morgan fingerprint density at radius 1 is 1.37 bits per heavy atom. The maximum absolute atomic E-state index is 11.5. The van der Waals surface area contributed by atoms with Gasteiger partial charge >= 0.3 is 0 Å². The summed E-state index contributed by atoms with van der Waals surface area (Å²) >= 11 is 0. The van der Waals surface area contributed by atoms with Crippen LogP contribution in [0.15, 0.2) is 24.3 Å². The second-order valence-electron chi connectivity index (χ2n) is 4.36. The molecule has 0 radical (unpaired) electrons. The van der Waals surface area contributed by atoms with Gasteiger partial charge in [0.1, 0.15) is 0 Å². The molecule has 1 unspecified atom stereocenters. The van der Waals surface area contributed by atoms with Crippen LogP contribution in [0.1, 0.15) is 26.7 Å². The van der Waals surface area contributed by atoms with Crippen LogP contribution < -0.4 is 10.6 Å². The molecule has 1 atom stereocenters. The molecule has 0 fully saturated rings. The van der Waals surface area contributed by atoms with Gasteiger partial charge < -0.3 is 10.6 Å². The van der Waals surface area contributed by atoms with E-state index in [2.05, 4.69) is 10.6 Å². The van der Waals surface area contributed by atoms with Crippen molar-refractivity contribution in [1.29, 1.82) is 0 Å². The molecule has 1 aromatic rings. The predicted molar refractivity (Wildman–Crippen MR) is 74.1 cm³/mol. The molecule has 0 aliphatic heterocycles. The van der Waals surface area contributed by atoms with Crippen LogP contribution in [0.5, 0.6) is 0 Å². The fraction of sp³-hybridized carbons (Fsp3) is 0.462. The Hall–Kier alpha value is -2.11. The lowest BCUT2D eigenvalue weighted by molar-refractivity contribution is -0.384. The smallest absolute Gasteiger partial charge is 0.269 e. The average molecular weight is 265 g/mol. The lowest BCUT2D eigenvalue weighted by Crippen LogP contribution is -2.32. The molecule has 0 aliphatic carbocycles. The standard InChI is InChI=1S/C13H19N3O3/c1-3-10(2)15-13(17)8-9-14-11-4-6-12(7-5-11)16(18)19/h4-7,10,14H,3,8-9H2,1-2H3,(H,15,17). The summed E-state index contributed by atoms with van der Waals surface area (Å²) in [7, 11) is 0. The van der Waals surface area contributed by atoms with Gasteiger partial charge in [-0.25, -0.2) is 0 Å². The maximum Gasteiger partial charge on any atom is 0.269 e. The first kappa shape index (κ1) is 14.9. The number of nitrogens with one attached hydrogen (secondary N) is 2. The van der Waals surface area contributed by atoms with Crippen molar-refractivity contribution in [1.82, 2.24) is 5.32 Å². The first-order chi connectivity index (χ1) is 9.02. The highest BCUT2D eigenvalue weighted by atomic mass is 16.6. The lowest BCUT2D eigenvalue weighted by atomic mass is 10.2. The van der Waals surface area contributed by atoms with Gasteiger partial charge in [0, 0.05) is 36.8 Å². The molecule has 0 spiro atoms. The van der Waals surface area contributed by atoms with Crippen molar-refractivity contribution in [2.75, 3.05) is 11.9 Å². The van der Waals surface area contributed by atoms with Crippen molar-refractivity contribution >= 4 is 17.3 Å². The molecule has 0 aromatic heterocycles. The van der Waals surface area contributed by atoms with Gasteiger partial charge in [-0.15, -0.1) is 0 Å². The van der Waals surface area contributed by atoms with E-state index in [0.717, 1.165) is 12.1 Å². The van der Waals surface area contributed by atoms with Crippen molar-refractivity contribution in [2.24, 2.45) is 0 Å². The first-order valence-electron chi connectivity index (χ1n) is 6.30. The summed E-state index contributed by atoms with van der Waals surface area (Å²) in [6.45, 7) is 4.47. The van der Waals surface area contributed by atoms with E-state index in [-0.39, 0.29) is 17.6 Å². The molecule has 1 aromatic carbocycles. The summed E-state index contributed by atoms with van der Waals surface area (Å²) in [5.74, 6) is 0.00348. The minimum absolute atomic E-state index is 0.00348. The third-order valence-electron chi connectivity index (χ3n) is 2.78. The predicted octanol–water partition coefficient (Wildman–Crippen LogP) is 2.31. The van der Waals surface area contributed by atoms with Crippen molar-refractivity contribution in [3.05, 3.63) is 34.4 Å². The van der Waals surface area contributed by atoms with E-state index >= 15 is 0 Å². The monoisotopic (exact) mass is 265 g/mol. The molecule has 0 aliphatic rings. The molecule has 2 N–H and O–H groups in total. The fourth-order valence-corrected chi connectivity index (χ4v) is 1.47. The van der Waals surface area contributed by atoms with Crippen molar-refractivity contribution in [3.63, 3.8) is 0 Å². The minimum Gasteiger partial charge on any atom is -0.385 e. The van der Waals surface area contributed by atoms with E-state index < -0.39 is 4.92 Å². The number of nitro benzene ring substituents is 1. The Morgan fingerprint density at radius 2 is 2.00 bits per heavy atom. The molecule has 1 rings (SSSR count). The summed E-state index contributed by atoms with van der Waals surface area (Å²) in [6, 6.07) is 6.31.